The fraction of sp³-hybridized carbons (Fsp3) is 0.190. The van der Waals surface area contributed by atoms with Crippen LogP contribution in [0.3, 0.4) is 0 Å². The SMILES string of the molecule is Cc1ccc(-c2cnc3ccc(Nc4cc(C(C)C)cnn4)nc3c2)cn1. The Hall–Kier alpha value is -3.41. The van der Waals surface area contributed by atoms with E-state index in [1.807, 2.05) is 55.7 Å². The van der Waals surface area contributed by atoms with Gasteiger partial charge in [-0.15, -0.1) is 5.10 Å². The summed E-state index contributed by atoms with van der Waals surface area (Å²) in [6.45, 7) is 6.23. The van der Waals surface area contributed by atoms with Gasteiger partial charge in [-0.05, 0) is 48.7 Å². The van der Waals surface area contributed by atoms with Crippen molar-refractivity contribution in [3.8, 4) is 11.1 Å². The first-order chi connectivity index (χ1) is 13.1. The molecule has 0 atom stereocenters. The largest absolute Gasteiger partial charge is 0.323 e. The summed E-state index contributed by atoms with van der Waals surface area (Å²) in [5, 5.41) is 11.4. The predicted molar refractivity (Wildman–Crippen MR) is 107 cm³/mol. The van der Waals surface area contributed by atoms with E-state index in [0.29, 0.717) is 17.6 Å². The number of pyridine rings is 3. The molecule has 6 heteroatoms. The van der Waals surface area contributed by atoms with Crippen LogP contribution in [0.4, 0.5) is 11.6 Å². The number of anilines is 2. The molecule has 0 amide bonds. The second kappa shape index (κ2) is 7.07. The Morgan fingerprint density at radius 3 is 2.44 bits per heavy atom. The van der Waals surface area contributed by atoms with Gasteiger partial charge in [0.15, 0.2) is 5.82 Å². The maximum Gasteiger partial charge on any atom is 0.154 e. The highest BCUT2D eigenvalue weighted by atomic mass is 15.2. The molecule has 0 spiro atoms. The van der Waals surface area contributed by atoms with E-state index in [1.54, 1.807) is 6.20 Å². The molecule has 0 saturated heterocycles. The van der Waals surface area contributed by atoms with Crippen LogP contribution in [-0.4, -0.2) is 25.1 Å². The van der Waals surface area contributed by atoms with Gasteiger partial charge in [0, 0.05) is 29.2 Å². The Kier molecular flexibility index (Phi) is 4.46. The van der Waals surface area contributed by atoms with Crippen molar-refractivity contribution in [3.63, 3.8) is 0 Å². The second-order valence-corrected chi connectivity index (χ2v) is 6.80. The molecule has 0 bridgehead atoms. The van der Waals surface area contributed by atoms with Crippen LogP contribution in [0.15, 0.2) is 55.0 Å². The summed E-state index contributed by atoms with van der Waals surface area (Å²) in [5.41, 5.74) is 5.77. The predicted octanol–water partition coefficient (Wildman–Crippen LogP) is 4.66. The Balaban J connectivity index is 1.66. The van der Waals surface area contributed by atoms with E-state index in [2.05, 4.69) is 44.3 Å². The van der Waals surface area contributed by atoms with E-state index in [9.17, 15) is 0 Å². The lowest BCUT2D eigenvalue weighted by atomic mass is 10.1. The van der Waals surface area contributed by atoms with Crippen LogP contribution < -0.4 is 5.32 Å². The first-order valence-corrected chi connectivity index (χ1v) is 8.88. The molecule has 4 heterocycles. The van der Waals surface area contributed by atoms with Crippen molar-refractivity contribution < 1.29 is 0 Å². The lowest BCUT2D eigenvalue weighted by molar-refractivity contribution is 0.843. The zero-order chi connectivity index (χ0) is 18.8. The number of fused-ring (bicyclic) bond motifs is 1. The number of hydrogen-bond acceptors (Lipinski definition) is 6. The van der Waals surface area contributed by atoms with Crippen LogP contribution in [0.5, 0.6) is 0 Å². The van der Waals surface area contributed by atoms with Gasteiger partial charge < -0.3 is 5.32 Å². The summed E-state index contributed by atoms with van der Waals surface area (Å²) in [6.07, 6.45) is 5.49. The minimum absolute atomic E-state index is 0.389. The second-order valence-electron chi connectivity index (χ2n) is 6.80. The highest BCUT2D eigenvalue weighted by molar-refractivity contribution is 5.81. The molecule has 134 valence electrons. The number of rotatable bonds is 4. The molecule has 0 aliphatic heterocycles. The third kappa shape index (κ3) is 3.74. The van der Waals surface area contributed by atoms with Gasteiger partial charge in [0.05, 0.1) is 17.2 Å². The van der Waals surface area contributed by atoms with Crippen LogP contribution in [-0.2, 0) is 0 Å². The van der Waals surface area contributed by atoms with Gasteiger partial charge in [-0.3, -0.25) is 9.97 Å². The van der Waals surface area contributed by atoms with E-state index in [-0.39, 0.29) is 0 Å². The van der Waals surface area contributed by atoms with Gasteiger partial charge in [-0.2, -0.15) is 5.10 Å². The summed E-state index contributed by atoms with van der Waals surface area (Å²) in [4.78, 5) is 13.6. The number of nitrogens with zero attached hydrogens (tertiary/aromatic N) is 5. The number of aryl methyl sites for hydroxylation is 1. The summed E-state index contributed by atoms with van der Waals surface area (Å²) >= 11 is 0. The molecule has 4 aromatic heterocycles. The molecule has 0 fully saturated rings. The van der Waals surface area contributed by atoms with Gasteiger partial charge >= 0.3 is 0 Å². The fourth-order valence-corrected chi connectivity index (χ4v) is 2.76. The minimum atomic E-state index is 0.389. The molecule has 0 unspecified atom stereocenters. The summed E-state index contributed by atoms with van der Waals surface area (Å²) in [5.74, 6) is 1.78. The van der Waals surface area contributed by atoms with Crippen LogP contribution in [0.2, 0.25) is 0 Å². The topological polar surface area (TPSA) is 76.5 Å². The first kappa shape index (κ1) is 17.0. The average Bonchev–Trinajstić information content (AvgIpc) is 2.68. The lowest BCUT2D eigenvalue weighted by Gasteiger charge is -2.09. The zero-order valence-electron chi connectivity index (χ0n) is 15.5. The van der Waals surface area contributed by atoms with E-state index < -0.39 is 0 Å². The van der Waals surface area contributed by atoms with Crippen molar-refractivity contribution in [2.75, 3.05) is 5.32 Å². The van der Waals surface area contributed by atoms with Crippen LogP contribution >= 0.6 is 0 Å². The van der Waals surface area contributed by atoms with Gasteiger partial charge in [-0.1, -0.05) is 19.9 Å². The molecule has 4 aromatic rings. The minimum Gasteiger partial charge on any atom is -0.323 e. The first-order valence-electron chi connectivity index (χ1n) is 8.88. The maximum atomic E-state index is 4.69. The smallest absolute Gasteiger partial charge is 0.154 e. The van der Waals surface area contributed by atoms with Crippen LogP contribution in [0.1, 0.15) is 31.0 Å². The molecule has 0 aromatic carbocycles. The molecule has 0 aliphatic rings. The molecule has 1 N–H and O–H groups in total. The van der Waals surface area contributed by atoms with E-state index in [4.69, 9.17) is 0 Å². The monoisotopic (exact) mass is 356 g/mol. The van der Waals surface area contributed by atoms with Crippen molar-refractivity contribution in [1.82, 2.24) is 25.1 Å². The highest BCUT2D eigenvalue weighted by Gasteiger charge is 2.06. The lowest BCUT2D eigenvalue weighted by Crippen LogP contribution is -2.00. The maximum absolute atomic E-state index is 4.69. The molecular formula is C21H20N6. The zero-order valence-corrected chi connectivity index (χ0v) is 15.5. The highest BCUT2D eigenvalue weighted by Crippen LogP contribution is 2.24. The number of aromatic nitrogens is 5. The molecule has 0 aliphatic carbocycles. The van der Waals surface area contributed by atoms with E-state index in [1.165, 1.54) is 0 Å². The van der Waals surface area contributed by atoms with Crippen molar-refractivity contribution in [2.45, 2.75) is 26.7 Å². The summed E-state index contributed by atoms with van der Waals surface area (Å²) in [7, 11) is 0. The van der Waals surface area contributed by atoms with Crippen LogP contribution in [0, 0.1) is 6.92 Å². The summed E-state index contributed by atoms with van der Waals surface area (Å²) in [6, 6.07) is 11.9. The van der Waals surface area contributed by atoms with E-state index >= 15 is 0 Å². The Morgan fingerprint density at radius 1 is 0.815 bits per heavy atom. The molecule has 0 saturated carbocycles. The molecule has 6 nitrogen and oxygen atoms in total. The quantitative estimate of drug-likeness (QED) is 0.573. The number of hydrogen-bond donors (Lipinski definition) is 1. The Morgan fingerprint density at radius 2 is 1.67 bits per heavy atom. The molecular weight excluding hydrogens is 336 g/mol. The number of nitrogens with one attached hydrogen (secondary N) is 1. The molecule has 4 rings (SSSR count). The van der Waals surface area contributed by atoms with Crippen LogP contribution in [0.25, 0.3) is 22.2 Å². The van der Waals surface area contributed by atoms with Crippen molar-refractivity contribution >= 4 is 22.7 Å². The van der Waals surface area contributed by atoms with Gasteiger partial charge in [0.1, 0.15) is 5.82 Å². The Labute approximate surface area is 157 Å². The fourth-order valence-electron chi connectivity index (χ4n) is 2.76. The van der Waals surface area contributed by atoms with Crippen molar-refractivity contribution in [2.24, 2.45) is 0 Å². The standard InChI is InChI=1S/C21H20N6/c1-13(2)16-9-21(27-24-12-16)26-20-7-6-18-19(25-20)8-17(11-23-18)15-5-4-14(3)22-10-15/h4-13H,1-3H3,(H,25,26,27). The van der Waals surface area contributed by atoms with Gasteiger partial charge in [-0.25, -0.2) is 4.98 Å². The summed E-state index contributed by atoms with van der Waals surface area (Å²) < 4.78 is 0. The molecule has 0 radical (unpaired) electrons. The molecule has 27 heavy (non-hydrogen) atoms. The van der Waals surface area contributed by atoms with Crippen molar-refractivity contribution in [3.05, 3.63) is 66.2 Å². The van der Waals surface area contributed by atoms with Gasteiger partial charge in [0.25, 0.3) is 0 Å². The van der Waals surface area contributed by atoms with Crippen molar-refractivity contribution in [1.29, 1.82) is 0 Å². The van der Waals surface area contributed by atoms with E-state index in [0.717, 1.165) is 33.4 Å². The third-order valence-corrected chi connectivity index (χ3v) is 4.38. The third-order valence-electron chi connectivity index (χ3n) is 4.38. The van der Waals surface area contributed by atoms with Gasteiger partial charge in [0.2, 0.25) is 0 Å². The Bertz CT molecular complexity index is 1090. The average molecular weight is 356 g/mol. The normalized spacial score (nSPS) is 11.1.